The highest BCUT2D eigenvalue weighted by atomic mass is 16.5. The molecule has 1 fully saturated rings. The number of hydrogen-bond donors (Lipinski definition) is 1. The average Bonchev–Trinajstić information content (AvgIpc) is 3.20. The lowest BCUT2D eigenvalue weighted by atomic mass is 10.1. The van der Waals surface area contributed by atoms with Crippen LogP contribution in [-0.4, -0.2) is 74.3 Å². The van der Waals surface area contributed by atoms with Crippen molar-refractivity contribution in [2.75, 3.05) is 53.6 Å². The van der Waals surface area contributed by atoms with Crippen LogP contribution in [0.2, 0.25) is 0 Å². The maximum atomic E-state index is 5.63. The smallest absolute Gasteiger partial charge is 0.193 e. The molecule has 1 aliphatic rings. The molecule has 124 valence electrons. The lowest BCUT2D eigenvalue weighted by Crippen LogP contribution is -2.41. The monoisotopic (exact) mass is 309 g/mol. The van der Waals surface area contributed by atoms with Crippen molar-refractivity contribution in [1.29, 1.82) is 0 Å². The number of nitrogens with zero attached hydrogens (tertiary/aromatic N) is 4. The van der Waals surface area contributed by atoms with Crippen LogP contribution >= 0.6 is 0 Å². The molecule has 0 aromatic carbocycles. The summed E-state index contributed by atoms with van der Waals surface area (Å²) in [5.74, 6) is 1.54. The quantitative estimate of drug-likeness (QED) is 0.429. The van der Waals surface area contributed by atoms with Gasteiger partial charge in [0, 0.05) is 52.1 Å². The van der Waals surface area contributed by atoms with Gasteiger partial charge in [0.25, 0.3) is 0 Å². The molecular formula is C15H27N5O2. The summed E-state index contributed by atoms with van der Waals surface area (Å²) in [6, 6.07) is 1.93. The molecule has 2 heterocycles. The molecule has 0 radical (unpaired) electrons. The van der Waals surface area contributed by atoms with E-state index in [-0.39, 0.29) is 0 Å². The molecule has 1 aromatic heterocycles. The van der Waals surface area contributed by atoms with E-state index < -0.39 is 0 Å². The van der Waals surface area contributed by atoms with Crippen LogP contribution < -0.4 is 5.32 Å². The third-order valence-corrected chi connectivity index (χ3v) is 3.77. The lowest BCUT2D eigenvalue weighted by molar-refractivity contribution is 0.0536. The molecule has 1 aromatic rings. The second-order valence-electron chi connectivity index (χ2n) is 5.41. The van der Waals surface area contributed by atoms with Gasteiger partial charge in [0.15, 0.2) is 5.96 Å². The molecule has 2 rings (SSSR count). The maximum absolute atomic E-state index is 5.63. The Balaban J connectivity index is 1.66. The van der Waals surface area contributed by atoms with Crippen molar-refractivity contribution in [1.82, 2.24) is 20.0 Å². The molecule has 0 bridgehead atoms. The normalized spacial score (nSPS) is 18.9. The molecule has 7 nitrogen and oxygen atoms in total. The molecule has 0 amide bonds. The Hall–Kier alpha value is -1.60. The molecule has 0 spiro atoms. The van der Waals surface area contributed by atoms with Crippen molar-refractivity contribution in [3.05, 3.63) is 18.5 Å². The van der Waals surface area contributed by atoms with E-state index in [4.69, 9.17) is 9.47 Å². The van der Waals surface area contributed by atoms with Crippen LogP contribution in [0.4, 0.5) is 0 Å². The van der Waals surface area contributed by atoms with Crippen LogP contribution in [-0.2, 0) is 16.0 Å². The first kappa shape index (κ1) is 16.8. The Morgan fingerprint density at radius 1 is 1.45 bits per heavy atom. The van der Waals surface area contributed by atoms with Gasteiger partial charge in [0.05, 0.1) is 26.4 Å². The minimum Gasteiger partial charge on any atom is -0.382 e. The number of nitrogens with one attached hydrogen (secondary N) is 1. The minimum atomic E-state index is 0.571. The summed E-state index contributed by atoms with van der Waals surface area (Å²) in [7, 11) is 3.53. The fraction of sp³-hybridized carbons (Fsp3) is 0.733. The van der Waals surface area contributed by atoms with Crippen molar-refractivity contribution in [3.8, 4) is 0 Å². The van der Waals surface area contributed by atoms with Gasteiger partial charge >= 0.3 is 0 Å². The van der Waals surface area contributed by atoms with Crippen LogP contribution in [0.1, 0.15) is 6.42 Å². The van der Waals surface area contributed by atoms with E-state index in [1.165, 1.54) is 0 Å². The molecular weight excluding hydrogens is 282 g/mol. The van der Waals surface area contributed by atoms with E-state index in [2.05, 4.69) is 20.3 Å². The number of aliphatic imine (C=N–C) groups is 1. The van der Waals surface area contributed by atoms with Crippen LogP contribution in [0.3, 0.4) is 0 Å². The molecule has 1 N–H and O–H groups in total. The van der Waals surface area contributed by atoms with Crippen LogP contribution in [0.25, 0.3) is 0 Å². The van der Waals surface area contributed by atoms with E-state index in [1.807, 2.05) is 24.0 Å². The third-order valence-electron chi connectivity index (χ3n) is 3.77. The Kier molecular flexibility index (Phi) is 7.18. The molecule has 22 heavy (non-hydrogen) atoms. The summed E-state index contributed by atoms with van der Waals surface area (Å²) in [6.07, 6.45) is 4.91. The first-order valence-electron chi connectivity index (χ1n) is 7.83. The predicted octanol–water partition coefficient (Wildman–Crippen LogP) is 0.443. The van der Waals surface area contributed by atoms with E-state index in [9.17, 15) is 0 Å². The van der Waals surface area contributed by atoms with Crippen molar-refractivity contribution in [2.24, 2.45) is 10.9 Å². The molecule has 0 aliphatic carbocycles. The Bertz CT molecular complexity index is 435. The zero-order chi connectivity index (χ0) is 15.6. The van der Waals surface area contributed by atoms with Gasteiger partial charge < -0.3 is 19.7 Å². The van der Waals surface area contributed by atoms with Crippen molar-refractivity contribution < 1.29 is 9.47 Å². The Morgan fingerprint density at radius 3 is 3.09 bits per heavy atom. The first-order valence-corrected chi connectivity index (χ1v) is 7.83. The minimum absolute atomic E-state index is 0.571. The highest BCUT2D eigenvalue weighted by molar-refractivity contribution is 5.80. The van der Waals surface area contributed by atoms with Crippen LogP contribution in [0.5, 0.6) is 0 Å². The predicted molar refractivity (Wildman–Crippen MR) is 86.0 cm³/mol. The number of methoxy groups -OCH3 is 1. The van der Waals surface area contributed by atoms with E-state index in [0.29, 0.717) is 19.1 Å². The summed E-state index contributed by atoms with van der Waals surface area (Å²) in [5.41, 5.74) is 0. The average molecular weight is 309 g/mol. The van der Waals surface area contributed by atoms with Crippen LogP contribution in [0.15, 0.2) is 23.5 Å². The number of aromatic nitrogens is 2. The van der Waals surface area contributed by atoms with Crippen molar-refractivity contribution in [3.63, 3.8) is 0 Å². The maximum Gasteiger partial charge on any atom is 0.193 e. The number of rotatable bonds is 8. The van der Waals surface area contributed by atoms with E-state index in [1.54, 1.807) is 13.3 Å². The topological polar surface area (TPSA) is 63.9 Å². The standard InChI is InChI=1S/C15H27N5O2/c1-16-15(17-6-9-20-7-3-5-18-20)19-8-4-14(12-19)13-22-11-10-21-2/h3,5,7,14H,4,6,8-13H2,1-2H3,(H,16,17). The van der Waals surface area contributed by atoms with Crippen molar-refractivity contribution in [2.45, 2.75) is 13.0 Å². The fourth-order valence-electron chi connectivity index (χ4n) is 2.60. The number of hydrogen-bond acceptors (Lipinski definition) is 4. The summed E-state index contributed by atoms with van der Waals surface area (Å²) in [4.78, 5) is 6.67. The van der Waals surface area contributed by atoms with Gasteiger partial charge in [-0.25, -0.2) is 0 Å². The zero-order valence-corrected chi connectivity index (χ0v) is 13.6. The number of likely N-dealkylation sites (tertiary alicyclic amines) is 1. The molecule has 1 aliphatic heterocycles. The largest absolute Gasteiger partial charge is 0.382 e. The fourth-order valence-corrected chi connectivity index (χ4v) is 2.60. The number of ether oxygens (including phenoxy) is 2. The van der Waals surface area contributed by atoms with Gasteiger partial charge in [0.1, 0.15) is 0 Å². The van der Waals surface area contributed by atoms with Gasteiger partial charge in [-0.15, -0.1) is 0 Å². The Morgan fingerprint density at radius 2 is 2.36 bits per heavy atom. The molecule has 1 atom stereocenters. The van der Waals surface area contributed by atoms with Gasteiger partial charge in [-0.2, -0.15) is 5.10 Å². The number of guanidine groups is 1. The molecule has 1 saturated heterocycles. The summed E-state index contributed by atoms with van der Waals surface area (Å²) >= 11 is 0. The van der Waals surface area contributed by atoms with E-state index in [0.717, 1.165) is 45.2 Å². The molecule has 1 unspecified atom stereocenters. The summed E-state index contributed by atoms with van der Waals surface area (Å²) < 4.78 is 12.5. The van der Waals surface area contributed by atoms with Crippen molar-refractivity contribution >= 4 is 5.96 Å². The van der Waals surface area contributed by atoms with E-state index >= 15 is 0 Å². The van der Waals surface area contributed by atoms with Crippen LogP contribution in [0, 0.1) is 5.92 Å². The van der Waals surface area contributed by atoms with Gasteiger partial charge in [-0.1, -0.05) is 0 Å². The SMILES string of the molecule is CN=C(NCCn1cccn1)N1CCC(COCCOC)C1. The first-order chi connectivity index (χ1) is 10.8. The highest BCUT2D eigenvalue weighted by Crippen LogP contribution is 2.16. The molecule has 0 saturated carbocycles. The summed E-state index contributed by atoms with van der Waals surface area (Å²) in [6.45, 7) is 5.80. The van der Waals surface area contributed by atoms with Gasteiger partial charge in [-0.3, -0.25) is 9.67 Å². The Labute approximate surface area is 132 Å². The second-order valence-corrected chi connectivity index (χ2v) is 5.41. The highest BCUT2D eigenvalue weighted by Gasteiger charge is 2.24. The summed E-state index contributed by atoms with van der Waals surface area (Å²) in [5, 5.41) is 7.59. The zero-order valence-electron chi connectivity index (χ0n) is 13.6. The van der Waals surface area contributed by atoms with Gasteiger partial charge in [-0.05, 0) is 12.5 Å². The second kappa shape index (κ2) is 9.42. The molecule has 7 heteroatoms. The van der Waals surface area contributed by atoms with Gasteiger partial charge in [0.2, 0.25) is 0 Å². The lowest BCUT2D eigenvalue weighted by Gasteiger charge is -2.21. The third kappa shape index (κ3) is 5.31.